The molecule has 6 nitrogen and oxygen atoms in total. The van der Waals surface area contributed by atoms with E-state index in [4.69, 9.17) is 4.42 Å². The maximum absolute atomic E-state index is 13.1. The first-order chi connectivity index (χ1) is 13.5. The highest BCUT2D eigenvalue weighted by Gasteiger charge is 2.32. The van der Waals surface area contributed by atoms with Gasteiger partial charge in [0.05, 0.1) is 24.3 Å². The Kier molecular flexibility index (Phi) is 5.03. The number of aromatic nitrogens is 2. The van der Waals surface area contributed by atoms with Crippen LogP contribution in [0.25, 0.3) is 10.9 Å². The van der Waals surface area contributed by atoms with Gasteiger partial charge in [0.2, 0.25) is 11.3 Å². The van der Waals surface area contributed by atoms with Crippen molar-refractivity contribution in [3.05, 3.63) is 64.3 Å². The molecule has 0 spiro atoms. The lowest BCUT2D eigenvalue weighted by atomic mass is 9.91. The summed E-state index contributed by atoms with van der Waals surface area (Å²) in [5, 5.41) is 4.86. The van der Waals surface area contributed by atoms with Gasteiger partial charge in [0, 0.05) is 18.4 Å². The average molecular weight is 379 g/mol. The second-order valence-corrected chi connectivity index (χ2v) is 7.68. The molecule has 2 atom stereocenters. The summed E-state index contributed by atoms with van der Waals surface area (Å²) < 4.78 is 7.58. The Hall–Kier alpha value is -2.89. The quantitative estimate of drug-likeness (QED) is 0.693. The van der Waals surface area contributed by atoms with Crippen molar-refractivity contribution in [1.29, 1.82) is 0 Å². The third kappa shape index (κ3) is 3.59. The predicted octanol–water partition coefficient (Wildman–Crippen LogP) is 3.69. The van der Waals surface area contributed by atoms with Crippen molar-refractivity contribution in [2.75, 3.05) is 6.54 Å². The fraction of sp³-hybridized carbons (Fsp3) is 0.409. The van der Waals surface area contributed by atoms with E-state index in [-0.39, 0.29) is 17.4 Å². The first-order valence-corrected chi connectivity index (χ1v) is 9.83. The van der Waals surface area contributed by atoms with Gasteiger partial charge in [-0.05, 0) is 49.9 Å². The largest absolute Gasteiger partial charge is 0.464 e. The lowest BCUT2D eigenvalue weighted by molar-refractivity contribution is -0.136. The molecule has 1 amide bonds. The zero-order valence-electron chi connectivity index (χ0n) is 16.3. The van der Waals surface area contributed by atoms with Crippen molar-refractivity contribution in [2.24, 2.45) is 5.92 Å². The van der Waals surface area contributed by atoms with Crippen molar-refractivity contribution >= 4 is 16.8 Å². The average Bonchev–Trinajstić information content (AvgIpc) is 3.14. The van der Waals surface area contributed by atoms with E-state index in [1.165, 1.54) is 6.20 Å². The molecule has 2 unspecified atom stereocenters. The SMILES string of the molecule is Cc1ccc(C2CC(C)CCN2C(=O)CCn2ncc(=O)c3ccccc32)o1. The number of amides is 1. The molecule has 4 rings (SSSR count). The van der Waals surface area contributed by atoms with Crippen LogP contribution in [0, 0.1) is 12.8 Å². The summed E-state index contributed by atoms with van der Waals surface area (Å²) in [6, 6.07) is 11.3. The first kappa shape index (κ1) is 18.5. The zero-order chi connectivity index (χ0) is 19.7. The van der Waals surface area contributed by atoms with Gasteiger partial charge in [-0.15, -0.1) is 0 Å². The lowest BCUT2D eigenvalue weighted by Crippen LogP contribution is -2.40. The van der Waals surface area contributed by atoms with Gasteiger partial charge in [-0.3, -0.25) is 14.3 Å². The second-order valence-electron chi connectivity index (χ2n) is 7.68. The number of furan rings is 1. The molecule has 1 saturated heterocycles. The van der Waals surface area contributed by atoms with Gasteiger partial charge in [0.15, 0.2) is 0 Å². The third-order valence-electron chi connectivity index (χ3n) is 5.57. The standard InChI is InChI=1S/C22H25N3O3/c1-15-9-11-24(19(13-15)21-8-7-16(2)28-21)22(27)10-12-25-18-6-4-3-5-17(18)20(26)14-23-25/h3-8,14-15,19H,9-13H2,1-2H3. The Balaban J connectivity index is 1.53. The third-order valence-corrected chi connectivity index (χ3v) is 5.57. The van der Waals surface area contributed by atoms with E-state index in [2.05, 4.69) is 12.0 Å². The molecule has 1 fully saturated rings. The number of hydrogen-bond donors (Lipinski definition) is 0. The molecule has 0 saturated carbocycles. The molecule has 0 N–H and O–H groups in total. The minimum absolute atomic E-state index is 0.0105. The van der Waals surface area contributed by atoms with Crippen LogP contribution >= 0.6 is 0 Å². The molecule has 146 valence electrons. The van der Waals surface area contributed by atoms with Crippen LogP contribution in [0.5, 0.6) is 0 Å². The van der Waals surface area contributed by atoms with Gasteiger partial charge in [-0.1, -0.05) is 19.1 Å². The fourth-order valence-corrected chi connectivity index (χ4v) is 4.03. The van der Waals surface area contributed by atoms with Crippen LogP contribution < -0.4 is 5.43 Å². The monoisotopic (exact) mass is 379 g/mol. The second kappa shape index (κ2) is 7.62. The van der Waals surface area contributed by atoms with E-state index in [1.54, 1.807) is 10.7 Å². The van der Waals surface area contributed by atoms with Crippen molar-refractivity contribution in [3.8, 4) is 0 Å². The highest BCUT2D eigenvalue weighted by molar-refractivity contribution is 5.79. The van der Waals surface area contributed by atoms with Gasteiger partial charge in [0.1, 0.15) is 11.5 Å². The van der Waals surface area contributed by atoms with Gasteiger partial charge < -0.3 is 9.32 Å². The van der Waals surface area contributed by atoms with E-state index in [9.17, 15) is 9.59 Å². The number of fused-ring (bicyclic) bond motifs is 1. The molecular weight excluding hydrogens is 354 g/mol. The van der Waals surface area contributed by atoms with Crippen molar-refractivity contribution < 1.29 is 9.21 Å². The summed E-state index contributed by atoms with van der Waals surface area (Å²) in [5.41, 5.74) is 0.657. The summed E-state index contributed by atoms with van der Waals surface area (Å²) in [4.78, 5) is 27.0. The van der Waals surface area contributed by atoms with Gasteiger partial charge in [-0.25, -0.2) is 0 Å². The Labute approximate surface area is 163 Å². The maximum Gasteiger partial charge on any atom is 0.225 e. The van der Waals surface area contributed by atoms with Gasteiger partial charge in [-0.2, -0.15) is 5.10 Å². The number of carbonyl (C=O) groups excluding carboxylic acids is 1. The highest BCUT2D eigenvalue weighted by Crippen LogP contribution is 2.35. The summed E-state index contributed by atoms with van der Waals surface area (Å²) in [6.45, 7) is 5.33. The molecular formula is C22H25N3O3. The smallest absolute Gasteiger partial charge is 0.225 e. The summed E-state index contributed by atoms with van der Waals surface area (Å²) in [6.07, 6.45) is 3.58. The molecule has 1 aliphatic rings. The first-order valence-electron chi connectivity index (χ1n) is 9.83. The number of likely N-dealkylation sites (tertiary alicyclic amines) is 1. The number of benzene rings is 1. The van der Waals surface area contributed by atoms with E-state index in [0.717, 1.165) is 36.4 Å². The number of nitrogens with zero attached hydrogens (tertiary/aromatic N) is 3. The maximum atomic E-state index is 13.1. The van der Waals surface area contributed by atoms with Crippen LogP contribution in [-0.2, 0) is 11.3 Å². The number of hydrogen-bond acceptors (Lipinski definition) is 4. The normalized spacial score (nSPS) is 19.9. The number of piperidine rings is 1. The summed E-state index contributed by atoms with van der Waals surface area (Å²) in [7, 11) is 0. The fourth-order valence-electron chi connectivity index (χ4n) is 4.03. The molecule has 0 bridgehead atoms. The number of para-hydroxylation sites is 1. The molecule has 1 aromatic carbocycles. The summed E-state index contributed by atoms with van der Waals surface area (Å²) >= 11 is 0. The van der Waals surface area contributed by atoms with E-state index < -0.39 is 0 Å². The number of rotatable bonds is 4. The molecule has 3 heterocycles. The molecule has 0 aliphatic carbocycles. The zero-order valence-corrected chi connectivity index (χ0v) is 16.3. The Morgan fingerprint density at radius 1 is 1.25 bits per heavy atom. The Morgan fingerprint density at radius 3 is 2.86 bits per heavy atom. The molecule has 1 aliphatic heterocycles. The lowest BCUT2D eigenvalue weighted by Gasteiger charge is -2.37. The van der Waals surface area contributed by atoms with Gasteiger partial charge >= 0.3 is 0 Å². The van der Waals surface area contributed by atoms with Crippen molar-refractivity contribution in [3.63, 3.8) is 0 Å². The minimum atomic E-state index is -0.101. The molecule has 3 aromatic rings. The van der Waals surface area contributed by atoms with E-state index >= 15 is 0 Å². The van der Waals surface area contributed by atoms with Crippen molar-refractivity contribution in [2.45, 2.75) is 45.7 Å². The van der Waals surface area contributed by atoms with Crippen LogP contribution in [0.2, 0.25) is 0 Å². The van der Waals surface area contributed by atoms with Gasteiger partial charge in [0.25, 0.3) is 0 Å². The number of aryl methyl sites for hydroxylation is 2. The van der Waals surface area contributed by atoms with Crippen LogP contribution in [-0.4, -0.2) is 27.1 Å². The molecule has 6 heteroatoms. The highest BCUT2D eigenvalue weighted by atomic mass is 16.3. The minimum Gasteiger partial charge on any atom is -0.464 e. The molecule has 0 radical (unpaired) electrons. The molecule has 2 aromatic heterocycles. The Bertz CT molecular complexity index is 1050. The van der Waals surface area contributed by atoms with Crippen LogP contribution in [0.1, 0.15) is 43.7 Å². The van der Waals surface area contributed by atoms with E-state index in [0.29, 0.717) is 24.3 Å². The van der Waals surface area contributed by atoms with Crippen LogP contribution in [0.15, 0.2) is 51.8 Å². The van der Waals surface area contributed by atoms with Crippen LogP contribution in [0.3, 0.4) is 0 Å². The topological polar surface area (TPSA) is 68.3 Å². The summed E-state index contributed by atoms with van der Waals surface area (Å²) in [5.74, 6) is 2.38. The molecule has 28 heavy (non-hydrogen) atoms. The predicted molar refractivity (Wildman–Crippen MR) is 107 cm³/mol. The van der Waals surface area contributed by atoms with Crippen molar-refractivity contribution in [1.82, 2.24) is 14.7 Å². The van der Waals surface area contributed by atoms with E-state index in [1.807, 2.05) is 42.2 Å². The Morgan fingerprint density at radius 2 is 2.07 bits per heavy atom. The number of carbonyl (C=O) groups is 1. The van der Waals surface area contributed by atoms with Crippen LogP contribution in [0.4, 0.5) is 0 Å².